The second-order valence-corrected chi connectivity index (χ2v) is 4.23. The Labute approximate surface area is 115 Å². The van der Waals surface area contributed by atoms with Gasteiger partial charge in [0.25, 0.3) is 0 Å². The standard InChI is InChI=1S/C13H13ClFN3O/c14-9-13(19)16-7-5-11-6-8-18(17-11)12-3-1-10(15)2-4-12/h1-4,6,8H,5,7,9H2,(H,16,19). The van der Waals surface area contributed by atoms with Gasteiger partial charge in [-0.2, -0.15) is 5.10 Å². The number of nitrogens with one attached hydrogen (secondary N) is 1. The smallest absolute Gasteiger partial charge is 0.234 e. The van der Waals surface area contributed by atoms with Gasteiger partial charge in [-0.25, -0.2) is 9.07 Å². The summed E-state index contributed by atoms with van der Waals surface area (Å²) in [4.78, 5) is 11.0. The van der Waals surface area contributed by atoms with Gasteiger partial charge in [0.1, 0.15) is 11.7 Å². The van der Waals surface area contributed by atoms with Crippen molar-refractivity contribution in [2.75, 3.05) is 12.4 Å². The molecule has 0 aliphatic rings. The summed E-state index contributed by atoms with van der Waals surface area (Å²) >= 11 is 5.37. The lowest BCUT2D eigenvalue weighted by atomic mass is 10.3. The molecule has 1 aromatic heterocycles. The Morgan fingerprint density at radius 1 is 1.32 bits per heavy atom. The van der Waals surface area contributed by atoms with Crippen LogP contribution in [0.4, 0.5) is 4.39 Å². The zero-order valence-electron chi connectivity index (χ0n) is 10.1. The summed E-state index contributed by atoms with van der Waals surface area (Å²) in [6.07, 6.45) is 2.42. The average molecular weight is 282 g/mol. The van der Waals surface area contributed by atoms with Crippen molar-refractivity contribution in [2.24, 2.45) is 0 Å². The largest absolute Gasteiger partial charge is 0.355 e. The van der Waals surface area contributed by atoms with E-state index in [1.807, 2.05) is 6.07 Å². The maximum absolute atomic E-state index is 12.8. The lowest BCUT2D eigenvalue weighted by molar-refractivity contribution is -0.118. The SMILES string of the molecule is O=C(CCl)NCCc1ccn(-c2ccc(F)cc2)n1. The summed E-state index contributed by atoms with van der Waals surface area (Å²) in [6, 6.07) is 7.94. The lowest BCUT2D eigenvalue weighted by Crippen LogP contribution is -2.26. The predicted molar refractivity (Wildman–Crippen MR) is 71.0 cm³/mol. The number of benzene rings is 1. The number of carbonyl (C=O) groups excluding carboxylic acids is 1. The second-order valence-electron chi connectivity index (χ2n) is 3.96. The van der Waals surface area contributed by atoms with Gasteiger partial charge in [-0.1, -0.05) is 0 Å². The molecule has 0 aliphatic carbocycles. The van der Waals surface area contributed by atoms with Crippen molar-refractivity contribution in [1.82, 2.24) is 15.1 Å². The molecule has 100 valence electrons. The molecule has 19 heavy (non-hydrogen) atoms. The highest BCUT2D eigenvalue weighted by Crippen LogP contribution is 2.09. The normalized spacial score (nSPS) is 10.4. The lowest BCUT2D eigenvalue weighted by Gasteiger charge is -2.02. The molecule has 6 heteroatoms. The van der Waals surface area contributed by atoms with Crippen LogP contribution in [0.25, 0.3) is 5.69 Å². The number of halogens is 2. The quantitative estimate of drug-likeness (QED) is 0.851. The van der Waals surface area contributed by atoms with Crippen molar-refractivity contribution in [3.63, 3.8) is 0 Å². The molecule has 0 spiro atoms. The van der Waals surface area contributed by atoms with Crippen molar-refractivity contribution in [3.8, 4) is 5.69 Å². The van der Waals surface area contributed by atoms with E-state index in [1.165, 1.54) is 12.1 Å². The summed E-state index contributed by atoms with van der Waals surface area (Å²) < 4.78 is 14.5. The molecule has 0 radical (unpaired) electrons. The van der Waals surface area contributed by atoms with E-state index in [1.54, 1.807) is 23.0 Å². The van der Waals surface area contributed by atoms with Gasteiger partial charge in [0.15, 0.2) is 0 Å². The monoisotopic (exact) mass is 281 g/mol. The van der Waals surface area contributed by atoms with Gasteiger partial charge in [0, 0.05) is 19.2 Å². The van der Waals surface area contributed by atoms with Gasteiger partial charge in [-0.15, -0.1) is 11.6 Å². The molecule has 0 fully saturated rings. The molecule has 1 aromatic carbocycles. The van der Waals surface area contributed by atoms with E-state index < -0.39 is 0 Å². The van der Waals surface area contributed by atoms with Crippen molar-refractivity contribution in [3.05, 3.63) is 48.0 Å². The van der Waals surface area contributed by atoms with Crippen LogP contribution in [0.3, 0.4) is 0 Å². The summed E-state index contributed by atoms with van der Waals surface area (Å²) in [5, 5.41) is 7.01. The second kappa shape index (κ2) is 6.33. The average Bonchev–Trinajstić information content (AvgIpc) is 2.88. The van der Waals surface area contributed by atoms with E-state index in [0.29, 0.717) is 13.0 Å². The molecule has 4 nitrogen and oxygen atoms in total. The molecule has 0 saturated heterocycles. The van der Waals surface area contributed by atoms with Crippen LogP contribution >= 0.6 is 11.6 Å². The number of hydrogen-bond donors (Lipinski definition) is 1. The van der Waals surface area contributed by atoms with Gasteiger partial charge in [0.05, 0.1) is 11.4 Å². The van der Waals surface area contributed by atoms with Gasteiger partial charge in [-0.3, -0.25) is 4.79 Å². The zero-order chi connectivity index (χ0) is 13.7. The van der Waals surface area contributed by atoms with Crippen molar-refractivity contribution in [2.45, 2.75) is 6.42 Å². The molecule has 0 saturated carbocycles. The minimum Gasteiger partial charge on any atom is -0.355 e. The van der Waals surface area contributed by atoms with Gasteiger partial charge < -0.3 is 5.32 Å². The minimum absolute atomic E-state index is 0.0377. The van der Waals surface area contributed by atoms with Crippen LogP contribution in [-0.2, 0) is 11.2 Å². The van der Waals surface area contributed by atoms with Gasteiger partial charge >= 0.3 is 0 Å². The van der Waals surface area contributed by atoms with Crippen LogP contribution < -0.4 is 5.32 Å². The number of hydrogen-bond acceptors (Lipinski definition) is 2. The summed E-state index contributed by atoms with van der Waals surface area (Å²) in [5.74, 6) is -0.510. The van der Waals surface area contributed by atoms with E-state index >= 15 is 0 Å². The van der Waals surface area contributed by atoms with E-state index in [0.717, 1.165) is 11.4 Å². The zero-order valence-corrected chi connectivity index (χ0v) is 10.9. The van der Waals surface area contributed by atoms with Crippen LogP contribution in [0.15, 0.2) is 36.5 Å². The fourth-order valence-corrected chi connectivity index (χ4v) is 1.70. The fraction of sp³-hybridized carbons (Fsp3) is 0.231. The third-order valence-electron chi connectivity index (χ3n) is 2.56. The van der Waals surface area contributed by atoms with Crippen LogP contribution in [0.1, 0.15) is 5.69 Å². The van der Waals surface area contributed by atoms with E-state index in [9.17, 15) is 9.18 Å². The molecule has 0 unspecified atom stereocenters. The maximum atomic E-state index is 12.8. The Morgan fingerprint density at radius 3 is 2.74 bits per heavy atom. The first-order valence-electron chi connectivity index (χ1n) is 5.82. The van der Waals surface area contributed by atoms with Crippen LogP contribution in [0.2, 0.25) is 0 Å². The molecular formula is C13H13ClFN3O. The Balaban J connectivity index is 1.95. The molecule has 1 amide bonds. The van der Waals surface area contributed by atoms with Crippen molar-refractivity contribution in [1.29, 1.82) is 0 Å². The van der Waals surface area contributed by atoms with Crippen LogP contribution in [0.5, 0.6) is 0 Å². The number of amides is 1. The highest BCUT2D eigenvalue weighted by molar-refractivity contribution is 6.27. The van der Waals surface area contributed by atoms with Gasteiger partial charge in [0.2, 0.25) is 5.91 Å². The summed E-state index contributed by atoms with van der Waals surface area (Å²) in [5.41, 5.74) is 1.64. The number of aromatic nitrogens is 2. The Bertz CT molecular complexity index is 553. The third kappa shape index (κ3) is 3.79. The van der Waals surface area contributed by atoms with Crippen molar-refractivity contribution >= 4 is 17.5 Å². The van der Waals surface area contributed by atoms with Gasteiger partial charge in [-0.05, 0) is 30.3 Å². The maximum Gasteiger partial charge on any atom is 0.234 e. The molecule has 0 atom stereocenters. The topological polar surface area (TPSA) is 46.9 Å². The van der Waals surface area contributed by atoms with Crippen LogP contribution in [-0.4, -0.2) is 28.1 Å². The highest BCUT2D eigenvalue weighted by Gasteiger charge is 2.03. The fourth-order valence-electron chi connectivity index (χ4n) is 1.61. The number of alkyl halides is 1. The number of carbonyl (C=O) groups is 1. The van der Waals surface area contributed by atoms with Crippen molar-refractivity contribution < 1.29 is 9.18 Å². The predicted octanol–water partition coefficient (Wildman–Crippen LogP) is 1.91. The first kappa shape index (κ1) is 13.5. The third-order valence-corrected chi connectivity index (χ3v) is 2.80. The molecule has 0 bridgehead atoms. The van der Waals surface area contributed by atoms with E-state index in [4.69, 9.17) is 11.6 Å². The summed E-state index contributed by atoms with van der Waals surface area (Å²) in [6.45, 7) is 0.492. The first-order valence-corrected chi connectivity index (χ1v) is 6.35. The molecular weight excluding hydrogens is 269 g/mol. The molecule has 2 rings (SSSR count). The Morgan fingerprint density at radius 2 is 2.05 bits per heavy atom. The minimum atomic E-state index is -0.278. The Hall–Kier alpha value is -1.88. The Kier molecular flexibility index (Phi) is 4.52. The molecule has 2 aromatic rings. The molecule has 1 N–H and O–H groups in total. The number of nitrogens with zero attached hydrogens (tertiary/aromatic N) is 2. The van der Waals surface area contributed by atoms with E-state index in [-0.39, 0.29) is 17.6 Å². The first-order chi connectivity index (χ1) is 9.19. The molecule has 0 aliphatic heterocycles. The van der Waals surface area contributed by atoms with Crippen LogP contribution in [0, 0.1) is 5.82 Å². The highest BCUT2D eigenvalue weighted by atomic mass is 35.5. The molecule has 1 heterocycles. The number of rotatable bonds is 5. The van der Waals surface area contributed by atoms with E-state index in [2.05, 4.69) is 10.4 Å². The summed E-state index contributed by atoms with van der Waals surface area (Å²) in [7, 11) is 0.